The number of hydrogen-bond donors (Lipinski definition) is 3. The molecule has 0 spiro atoms. The van der Waals surface area contributed by atoms with Gasteiger partial charge in [0.1, 0.15) is 17.6 Å². The molecule has 2 aromatic rings. The Morgan fingerprint density at radius 3 is 2.76 bits per heavy atom. The molecule has 2 aromatic heterocycles. The van der Waals surface area contributed by atoms with Crippen molar-refractivity contribution < 1.29 is 38.8 Å². The molecule has 2 aliphatic heterocycles. The fraction of sp³-hybridized carbons (Fsp3) is 0.318. The number of carbonyl (C=O) groups excluding carboxylic acids is 3. The maximum Gasteiger partial charge on any atom is 0.351 e. The molecule has 0 aliphatic carbocycles. The van der Waals surface area contributed by atoms with Gasteiger partial charge in [0.05, 0.1) is 17.4 Å². The molecule has 13 nitrogen and oxygen atoms in total. The molecule has 0 bridgehead atoms. The number of β-lactam (4-membered cyclic amide) rings is 1. The summed E-state index contributed by atoms with van der Waals surface area (Å²) in [5.74, 6) is -3.90. The zero-order valence-electron chi connectivity index (χ0n) is 19.4. The quantitative estimate of drug-likeness (QED) is 0.137. The average molecular weight is 547 g/mol. The fourth-order valence-electron chi connectivity index (χ4n) is 3.83. The first kappa shape index (κ1) is 26.1. The monoisotopic (exact) mass is 546 g/mol. The highest BCUT2D eigenvalue weighted by molar-refractivity contribution is 8.00. The van der Waals surface area contributed by atoms with Crippen molar-refractivity contribution in [1.82, 2.24) is 15.2 Å². The van der Waals surface area contributed by atoms with Crippen LogP contribution in [0.3, 0.4) is 0 Å². The first-order valence-electron chi connectivity index (χ1n) is 10.9. The molecule has 37 heavy (non-hydrogen) atoms. The van der Waals surface area contributed by atoms with Crippen LogP contribution < -0.4 is 20.7 Å². The summed E-state index contributed by atoms with van der Waals surface area (Å²) in [5.41, 5.74) is 4.45. The summed E-state index contributed by atoms with van der Waals surface area (Å²) >= 11 is 2.45. The lowest BCUT2D eigenvalue weighted by molar-refractivity contribution is -0.689. The number of nitrogen functional groups attached to an aromatic ring is 1. The summed E-state index contributed by atoms with van der Waals surface area (Å²) in [7, 11) is 0. The normalized spacial score (nSPS) is 20.7. The molecule has 1 saturated heterocycles. The van der Waals surface area contributed by atoms with Gasteiger partial charge in [0, 0.05) is 35.3 Å². The number of nitrogens with two attached hydrogens (primary N) is 1. The molecule has 0 radical (unpaired) electrons. The molecular weight excluding hydrogens is 524 g/mol. The Kier molecular flexibility index (Phi) is 7.45. The summed E-state index contributed by atoms with van der Waals surface area (Å²) in [6.45, 7) is 1.54. The molecule has 3 atom stereocenters. The Morgan fingerprint density at radius 2 is 2.14 bits per heavy atom. The molecule has 1 unspecified atom stereocenters. The van der Waals surface area contributed by atoms with E-state index in [1.807, 2.05) is 6.07 Å². The van der Waals surface area contributed by atoms with Crippen LogP contribution in [-0.2, 0) is 37.0 Å². The Morgan fingerprint density at radius 1 is 1.41 bits per heavy atom. The number of carboxylic acid groups (broad SMARTS) is 2. The minimum atomic E-state index is -1.82. The largest absolute Gasteiger partial charge is 0.543 e. The molecule has 2 aliphatic rings. The predicted octanol–water partition coefficient (Wildman–Crippen LogP) is -1.49. The van der Waals surface area contributed by atoms with Crippen molar-refractivity contribution in [1.29, 1.82) is 0 Å². The maximum absolute atomic E-state index is 12.8. The third-order valence-corrected chi connectivity index (χ3v) is 7.72. The van der Waals surface area contributed by atoms with E-state index in [1.165, 1.54) is 18.7 Å². The van der Waals surface area contributed by atoms with Crippen molar-refractivity contribution in [3.05, 3.63) is 52.9 Å². The van der Waals surface area contributed by atoms with Gasteiger partial charge in [-0.05, 0) is 6.92 Å². The Bertz CT molecular complexity index is 1300. The average Bonchev–Trinajstić information content (AvgIpc) is 3.26. The van der Waals surface area contributed by atoms with Crippen LogP contribution in [0.5, 0.6) is 0 Å². The first-order chi connectivity index (χ1) is 17.6. The van der Waals surface area contributed by atoms with E-state index >= 15 is 0 Å². The number of oxime groups is 1. The zero-order chi connectivity index (χ0) is 26.7. The molecule has 4 N–H and O–H groups in total. The number of aromatic nitrogens is 2. The Hall–Kier alpha value is -3.98. The number of amides is 2. The molecule has 0 aromatic carbocycles. The molecule has 194 valence electrons. The number of carboxylic acids is 2. The zero-order valence-corrected chi connectivity index (χ0v) is 21.0. The number of aliphatic carboxylic acids is 2. The first-order valence-corrected chi connectivity index (χ1v) is 12.8. The molecule has 4 heterocycles. The van der Waals surface area contributed by atoms with E-state index in [9.17, 15) is 29.4 Å². The summed E-state index contributed by atoms with van der Waals surface area (Å²) in [5, 5.41) is 28.6. The van der Waals surface area contributed by atoms with Crippen molar-refractivity contribution in [2.75, 3.05) is 11.5 Å². The lowest BCUT2D eigenvalue weighted by Crippen LogP contribution is -2.71. The van der Waals surface area contributed by atoms with Gasteiger partial charge in [-0.15, -0.1) is 23.1 Å². The minimum Gasteiger partial charge on any atom is -0.543 e. The van der Waals surface area contributed by atoms with E-state index in [-0.39, 0.29) is 23.8 Å². The van der Waals surface area contributed by atoms with E-state index < -0.39 is 40.8 Å². The van der Waals surface area contributed by atoms with Crippen molar-refractivity contribution >= 4 is 58.2 Å². The van der Waals surface area contributed by atoms with Gasteiger partial charge in [-0.1, -0.05) is 11.2 Å². The van der Waals surface area contributed by atoms with Crippen molar-refractivity contribution in [2.45, 2.75) is 36.9 Å². The fourth-order valence-corrected chi connectivity index (χ4v) is 5.73. The highest BCUT2D eigenvalue weighted by Crippen LogP contribution is 2.40. The summed E-state index contributed by atoms with van der Waals surface area (Å²) < 4.78 is 1.79. The van der Waals surface area contributed by atoms with E-state index in [0.717, 1.165) is 16.2 Å². The second-order valence-electron chi connectivity index (χ2n) is 8.40. The summed E-state index contributed by atoms with van der Waals surface area (Å²) in [6.07, 6.45) is 4.13. The molecule has 1 fully saturated rings. The van der Waals surface area contributed by atoms with Crippen LogP contribution in [0, 0.1) is 0 Å². The number of thioether (sulfide) groups is 1. The number of anilines is 1. The number of rotatable bonds is 10. The van der Waals surface area contributed by atoms with Crippen LogP contribution in [0.15, 0.2) is 52.4 Å². The minimum absolute atomic E-state index is 0.147. The number of nitrogens with one attached hydrogen (secondary N) is 1. The number of carbonyl (C=O) groups is 4. The van der Waals surface area contributed by atoms with Gasteiger partial charge in [-0.2, -0.15) is 0 Å². The molecule has 4 rings (SSSR count). The van der Waals surface area contributed by atoms with Gasteiger partial charge in [0.2, 0.25) is 5.60 Å². The van der Waals surface area contributed by atoms with E-state index in [4.69, 9.17) is 10.6 Å². The lowest BCUT2D eigenvalue weighted by Gasteiger charge is -2.50. The SMILES string of the molecule is CC(Cc1csc(N)n1)(O/N=C\C(=O)N[C@@H]1C(=O)N2C(C(=O)[O-])=C(C[n+]3ccccc3)CS[C@H]12)C(=O)O. The third-order valence-electron chi connectivity index (χ3n) is 5.65. The standard InChI is InChI=1S/C22H22N6O7S2/c1-22(20(33)34,7-13-11-37-21(23)25-13)35-24-8-14(29)26-15-17(30)28-16(19(31)32)12(10-36-18(15)28)9-27-5-3-2-4-6-27/h2-6,8,11,15,18H,7,9-10H2,1H3,(H4-,23,25,26,29,31,32,33,34)/b24-8-/t15-,18-,22?/m1/s1. The van der Waals surface area contributed by atoms with Crippen LogP contribution in [-0.4, -0.2) is 67.7 Å². The number of pyridine rings is 1. The summed E-state index contributed by atoms with van der Waals surface area (Å²) in [4.78, 5) is 58.9. The van der Waals surface area contributed by atoms with Gasteiger partial charge in [0.15, 0.2) is 24.1 Å². The van der Waals surface area contributed by atoms with E-state index in [2.05, 4.69) is 15.5 Å². The highest BCUT2D eigenvalue weighted by Gasteiger charge is 2.53. The van der Waals surface area contributed by atoms with Gasteiger partial charge < -0.3 is 30.9 Å². The Labute approximate surface area is 218 Å². The lowest BCUT2D eigenvalue weighted by atomic mass is 10.0. The molecular formula is C22H22N6O7S2. The Balaban J connectivity index is 1.39. The second kappa shape index (κ2) is 10.6. The van der Waals surface area contributed by atoms with Crippen molar-refractivity contribution in [3.63, 3.8) is 0 Å². The molecule has 15 heteroatoms. The number of fused-ring (bicyclic) bond motifs is 1. The van der Waals surface area contributed by atoms with E-state index in [1.54, 1.807) is 34.5 Å². The van der Waals surface area contributed by atoms with E-state index in [0.29, 0.717) is 23.2 Å². The second-order valence-corrected chi connectivity index (χ2v) is 10.4. The summed E-state index contributed by atoms with van der Waals surface area (Å²) in [6, 6.07) is 4.44. The van der Waals surface area contributed by atoms with Crippen molar-refractivity contribution in [3.8, 4) is 0 Å². The van der Waals surface area contributed by atoms with Gasteiger partial charge in [-0.25, -0.2) is 14.3 Å². The van der Waals surface area contributed by atoms with Crippen molar-refractivity contribution in [2.24, 2.45) is 5.16 Å². The van der Waals surface area contributed by atoms with Crippen LogP contribution in [0.2, 0.25) is 0 Å². The number of hydrogen-bond acceptors (Lipinski definition) is 11. The predicted molar refractivity (Wildman–Crippen MR) is 130 cm³/mol. The molecule has 0 saturated carbocycles. The van der Waals surface area contributed by atoms with Gasteiger partial charge in [-0.3, -0.25) is 14.5 Å². The van der Waals surface area contributed by atoms with Gasteiger partial charge in [0.25, 0.3) is 11.8 Å². The highest BCUT2D eigenvalue weighted by atomic mass is 32.2. The van der Waals surface area contributed by atoms with Crippen LogP contribution in [0.25, 0.3) is 0 Å². The topological polar surface area (TPSA) is 191 Å². The number of thiazole rings is 1. The third kappa shape index (κ3) is 5.56. The van der Waals surface area contributed by atoms with Crippen LogP contribution in [0.1, 0.15) is 12.6 Å². The van der Waals surface area contributed by atoms with Crippen LogP contribution in [0.4, 0.5) is 5.13 Å². The number of nitrogens with zero attached hydrogens (tertiary/aromatic N) is 4. The smallest absolute Gasteiger partial charge is 0.351 e. The molecule has 2 amide bonds. The van der Waals surface area contributed by atoms with Gasteiger partial charge >= 0.3 is 5.97 Å². The maximum atomic E-state index is 12.8. The van der Waals surface area contributed by atoms with Crippen LogP contribution >= 0.6 is 23.1 Å².